The zero-order chi connectivity index (χ0) is 11.8. The van der Waals surface area contributed by atoms with Crippen molar-refractivity contribution in [2.45, 2.75) is 20.4 Å². The van der Waals surface area contributed by atoms with Gasteiger partial charge in [-0.15, -0.1) is 0 Å². The molecular formula is C12H15ClKNO2. The number of carbonyl (C=O) groups excluding carboxylic acids is 1. The van der Waals surface area contributed by atoms with Gasteiger partial charge >= 0.3 is 51.4 Å². The minimum atomic E-state index is -0.429. The molecule has 0 aliphatic carbocycles. The van der Waals surface area contributed by atoms with Crippen LogP contribution in [0.5, 0.6) is 0 Å². The predicted molar refractivity (Wildman–Crippen MR) is 68.9 cm³/mol. The standard InChI is InChI=1S/C12H14ClNO2.K.H/c1-12(2)8-16-14(11(12)15)7-9-5-3-4-6-10(9)13;;/h3-6H,7-8H2,1-2H3;;. The molecule has 88 valence electrons. The van der Waals surface area contributed by atoms with Crippen molar-refractivity contribution in [3.05, 3.63) is 34.9 Å². The fraction of sp³-hybridized carbons (Fsp3) is 0.417. The second-order valence-electron chi connectivity index (χ2n) is 4.59. The molecule has 1 aromatic carbocycles. The Morgan fingerprint density at radius 3 is 2.59 bits per heavy atom. The molecule has 5 heteroatoms. The summed E-state index contributed by atoms with van der Waals surface area (Å²) in [5.74, 6) is 0.00687. The molecule has 0 unspecified atom stereocenters. The number of carbonyl (C=O) groups is 1. The maximum atomic E-state index is 11.9. The molecule has 0 atom stereocenters. The Morgan fingerprint density at radius 2 is 2.06 bits per heavy atom. The zero-order valence-electron chi connectivity index (χ0n) is 9.37. The van der Waals surface area contributed by atoms with Gasteiger partial charge in [0, 0.05) is 5.02 Å². The van der Waals surface area contributed by atoms with Crippen LogP contribution in [0.4, 0.5) is 0 Å². The number of benzene rings is 1. The summed E-state index contributed by atoms with van der Waals surface area (Å²) in [7, 11) is 0. The molecule has 1 saturated heterocycles. The molecule has 3 nitrogen and oxygen atoms in total. The van der Waals surface area contributed by atoms with E-state index in [1.807, 2.05) is 38.1 Å². The fourth-order valence-electron chi connectivity index (χ4n) is 1.60. The van der Waals surface area contributed by atoms with Crippen LogP contribution in [-0.4, -0.2) is 69.0 Å². The number of rotatable bonds is 2. The first kappa shape index (κ1) is 15.6. The zero-order valence-corrected chi connectivity index (χ0v) is 10.1. The molecule has 1 aliphatic rings. The topological polar surface area (TPSA) is 29.5 Å². The first-order valence-electron chi connectivity index (χ1n) is 5.19. The van der Waals surface area contributed by atoms with Crippen molar-refractivity contribution in [1.29, 1.82) is 0 Å². The molecule has 17 heavy (non-hydrogen) atoms. The fourth-order valence-corrected chi connectivity index (χ4v) is 1.79. The van der Waals surface area contributed by atoms with Gasteiger partial charge in [-0.1, -0.05) is 29.8 Å². The molecule has 1 aliphatic heterocycles. The maximum absolute atomic E-state index is 11.9. The van der Waals surface area contributed by atoms with Gasteiger partial charge in [-0.25, -0.2) is 5.06 Å². The van der Waals surface area contributed by atoms with Crippen LogP contribution < -0.4 is 0 Å². The normalized spacial score (nSPS) is 18.1. The second kappa shape index (κ2) is 6.15. The SMILES string of the molecule is CC1(C)CON(Cc2ccccc2Cl)C1=O.[KH]. The Bertz CT molecular complexity index is 423. The Labute approximate surface area is 149 Å². The van der Waals surface area contributed by atoms with Crippen LogP contribution in [0.3, 0.4) is 0 Å². The van der Waals surface area contributed by atoms with Crippen molar-refractivity contribution in [3.63, 3.8) is 0 Å². The summed E-state index contributed by atoms with van der Waals surface area (Å²) in [5, 5.41) is 2.05. The molecule has 0 aromatic heterocycles. The molecule has 1 aromatic rings. The third-order valence-corrected chi connectivity index (χ3v) is 3.03. The Morgan fingerprint density at radius 1 is 1.41 bits per heavy atom. The van der Waals surface area contributed by atoms with Crippen LogP contribution in [0, 0.1) is 5.41 Å². The molecule has 1 amide bonds. The Hall–Kier alpha value is 0.576. The van der Waals surface area contributed by atoms with Gasteiger partial charge in [0.2, 0.25) is 0 Å². The van der Waals surface area contributed by atoms with Crippen molar-refractivity contribution in [2.75, 3.05) is 6.61 Å². The number of halogens is 1. The van der Waals surface area contributed by atoms with E-state index in [1.54, 1.807) is 0 Å². The first-order chi connectivity index (χ1) is 7.50. The van der Waals surface area contributed by atoms with Crippen LogP contribution in [0.1, 0.15) is 19.4 Å². The van der Waals surface area contributed by atoms with Crippen LogP contribution in [0.15, 0.2) is 24.3 Å². The van der Waals surface area contributed by atoms with Crippen molar-refractivity contribution in [1.82, 2.24) is 5.06 Å². The van der Waals surface area contributed by atoms with Crippen LogP contribution in [0.25, 0.3) is 0 Å². The third kappa shape index (κ3) is 3.53. The van der Waals surface area contributed by atoms with E-state index >= 15 is 0 Å². The molecule has 0 spiro atoms. The number of hydrogen-bond acceptors (Lipinski definition) is 2. The molecule has 0 radical (unpaired) electrons. The quantitative estimate of drug-likeness (QED) is 0.775. The number of hydrogen-bond donors (Lipinski definition) is 0. The van der Waals surface area contributed by atoms with E-state index in [4.69, 9.17) is 16.4 Å². The number of hydroxylamine groups is 2. The van der Waals surface area contributed by atoms with Gasteiger partial charge in [0.05, 0.1) is 18.6 Å². The summed E-state index contributed by atoms with van der Waals surface area (Å²) in [6.07, 6.45) is 0. The van der Waals surface area contributed by atoms with E-state index in [0.29, 0.717) is 18.2 Å². The average Bonchev–Trinajstić information content (AvgIpc) is 2.49. The van der Waals surface area contributed by atoms with Gasteiger partial charge in [-0.05, 0) is 25.5 Å². The summed E-state index contributed by atoms with van der Waals surface area (Å²) < 4.78 is 0. The van der Waals surface area contributed by atoms with Crippen molar-refractivity contribution < 1.29 is 9.63 Å². The van der Waals surface area contributed by atoms with E-state index < -0.39 is 5.41 Å². The molecule has 1 heterocycles. The Kier molecular flexibility index (Phi) is 5.65. The van der Waals surface area contributed by atoms with Gasteiger partial charge in [0.15, 0.2) is 0 Å². The van der Waals surface area contributed by atoms with Gasteiger partial charge in [-0.2, -0.15) is 0 Å². The van der Waals surface area contributed by atoms with E-state index in [-0.39, 0.29) is 57.3 Å². The van der Waals surface area contributed by atoms with E-state index in [2.05, 4.69) is 0 Å². The van der Waals surface area contributed by atoms with Gasteiger partial charge in [-0.3, -0.25) is 9.63 Å². The molecule has 1 fully saturated rings. The summed E-state index contributed by atoms with van der Waals surface area (Å²) >= 11 is 6.03. The van der Waals surface area contributed by atoms with Gasteiger partial charge < -0.3 is 0 Å². The number of amides is 1. The van der Waals surface area contributed by atoms with Crippen LogP contribution in [-0.2, 0) is 16.2 Å². The van der Waals surface area contributed by atoms with E-state index in [9.17, 15) is 4.79 Å². The third-order valence-electron chi connectivity index (χ3n) is 2.66. The monoisotopic (exact) mass is 279 g/mol. The van der Waals surface area contributed by atoms with Crippen molar-refractivity contribution in [3.8, 4) is 0 Å². The van der Waals surface area contributed by atoms with E-state index in [1.165, 1.54) is 5.06 Å². The van der Waals surface area contributed by atoms with Gasteiger partial charge in [0.1, 0.15) is 0 Å². The average molecular weight is 280 g/mol. The van der Waals surface area contributed by atoms with Crippen LogP contribution in [0.2, 0.25) is 5.02 Å². The minimum absolute atomic E-state index is 0. The predicted octanol–water partition coefficient (Wildman–Crippen LogP) is 1.99. The van der Waals surface area contributed by atoms with E-state index in [0.717, 1.165) is 5.56 Å². The second-order valence-corrected chi connectivity index (χ2v) is 5.00. The summed E-state index contributed by atoms with van der Waals surface area (Å²) in [6.45, 7) is 4.59. The van der Waals surface area contributed by atoms with Crippen molar-refractivity contribution >= 4 is 68.9 Å². The molecular weight excluding hydrogens is 265 g/mol. The Balaban J connectivity index is 0.00000144. The molecule has 0 N–H and O–H groups in total. The molecule has 2 rings (SSSR count). The summed E-state index contributed by atoms with van der Waals surface area (Å²) in [6, 6.07) is 7.46. The first-order valence-corrected chi connectivity index (χ1v) is 5.57. The van der Waals surface area contributed by atoms with Crippen LogP contribution >= 0.6 is 11.6 Å². The van der Waals surface area contributed by atoms with Crippen molar-refractivity contribution in [2.24, 2.45) is 5.41 Å². The molecule has 0 saturated carbocycles. The summed E-state index contributed by atoms with van der Waals surface area (Å²) in [5.41, 5.74) is 0.469. The summed E-state index contributed by atoms with van der Waals surface area (Å²) in [4.78, 5) is 17.3. The number of nitrogens with zero attached hydrogens (tertiary/aromatic N) is 1. The van der Waals surface area contributed by atoms with Gasteiger partial charge in [0.25, 0.3) is 5.91 Å². The molecule has 0 bridgehead atoms.